The molecule has 2 aromatic rings. The summed E-state index contributed by atoms with van der Waals surface area (Å²) in [5.74, 6) is -0.224. The molecule has 0 bridgehead atoms. The highest BCUT2D eigenvalue weighted by Crippen LogP contribution is 2.34. The Balaban J connectivity index is 1.83. The maximum absolute atomic E-state index is 12.6. The minimum atomic E-state index is -4.38. The second kappa shape index (κ2) is 5.43. The molecule has 1 aliphatic heterocycles. The Morgan fingerprint density at radius 3 is 2.55 bits per heavy atom. The van der Waals surface area contributed by atoms with Crippen molar-refractivity contribution in [1.29, 1.82) is 0 Å². The Kier molecular flexibility index (Phi) is 3.72. The Morgan fingerprint density at radius 2 is 1.91 bits per heavy atom. The number of fused-ring (bicyclic) bond motifs is 1. The molecular formula is C16H14F3NOS. The molecule has 1 aromatic heterocycles. The highest BCUT2D eigenvalue weighted by Gasteiger charge is 2.32. The van der Waals surface area contributed by atoms with E-state index < -0.39 is 11.7 Å². The van der Waals surface area contributed by atoms with Crippen LogP contribution in [0.25, 0.3) is 0 Å². The van der Waals surface area contributed by atoms with Crippen LogP contribution in [0.15, 0.2) is 35.7 Å². The van der Waals surface area contributed by atoms with Gasteiger partial charge in [0.15, 0.2) is 0 Å². The van der Waals surface area contributed by atoms with Crippen molar-refractivity contribution >= 4 is 17.2 Å². The lowest BCUT2D eigenvalue weighted by molar-refractivity contribution is -0.137. The highest BCUT2D eigenvalue weighted by atomic mass is 32.1. The molecule has 0 spiro atoms. The Labute approximate surface area is 130 Å². The predicted molar refractivity (Wildman–Crippen MR) is 78.9 cm³/mol. The summed E-state index contributed by atoms with van der Waals surface area (Å²) in [6.07, 6.45) is -3.59. The average molecular weight is 325 g/mol. The smallest absolute Gasteiger partial charge is 0.331 e. The van der Waals surface area contributed by atoms with Crippen LogP contribution in [-0.2, 0) is 12.6 Å². The molecule has 22 heavy (non-hydrogen) atoms. The number of carbonyl (C=O) groups excluding carboxylic acids is 1. The number of benzene rings is 1. The lowest BCUT2D eigenvalue weighted by atomic mass is 10.00. The van der Waals surface area contributed by atoms with E-state index >= 15 is 0 Å². The normalized spacial score (nSPS) is 18.2. The molecule has 0 saturated carbocycles. The number of hydrogen-bond acceptors (Lipinski definition) is 2. The molecule has 0 N–H and O–H groups in total. The molecule has 1 aliphatic rings. The standard InChI is InChI=1S/C16H14F3NOS/c1-10-13-7-9-22-14(13)6-8-20(10)15(21)11-2-4-12(5-3-11)16(17,18)19/h2-5,7,9-10H,6,8H2,1H3/t10-/m1/s1. The molecule has 0 aliphatic carbocycles. The van der Waals surface area contributed by atoms with Crippen molar-refractivity contribution < 1.29 is 18.0 Å². The van der Waals surface area contributed by atoms with E-state index in [1.54, 1.807) is 16.2 Å². The van der Waals surface area contributed by atoms with Gasteiger partial charge in [0.2, 0.25) is 0 Å². The maximum atomic E-state index is 12.6. The van der Waals surface area contributed by atoms with E-state index in [0.29, 0.717) is 12.1 Å². The van der Waals surface area contributed by atoms with Gasteiger partial charge in [-0.15, -0.1) is 11.3 Å². The zero-order valence-electron chi connectivity index (χ0n) is 11.9. The topological polar surface area (TPSA) is 20.3 Å². The number of alkyl halides is 3. The monoisotopic (exact) mass is 325 g/mol. The minimum absolute atomic E-state index is 0.0511. The summed E-state index contributed by atoms with van der Waals surface area (Å²) in [6, 6.07) is 6.37. The molecule has 2 heterocycles. The fraction of sp³-hybridized carbons (Fsp3) is 0.312. The van der Waals surface area contributed by atoms with Crippen molar-refractivity contribution in [3.05, 3.63) is 57.3 Å². The molecule has 6 heteroatoms. The number of halogens is 3. The summed E-state index contributed by atoms with van der Waals surface area (Å²) in [6.45, 7) is 2.54. The fourth-order valence-corrected chi connectivity index (χ4v) is 3.72. The van der Waals surface area contributed by atoms with E-state index in [4.69, 9.17) is 0 Å². The van der Waals surface area contributed by atoms with Crippen LogP contribution < -0.4 is 0 Å². The van der Waals surface area contributed by atoms with Gasteiger partial charge in [0, 0.05) is 17.0 Å². The van der Waals surface area contributed by atoms with Crippen molar-refractivity contribution in [2.75, 3.05) is 6.54 Å². The Bertz CT molecular complexity index is 690. The zero-order valence-corrected chi connectivity index (χ0v) is 12.7. The predicted octanol–water partition coefficient (Wildman–Crippen LogP) is 4.53. The summed E-state index contributed by atoms with van der Waals surface area (Å²) in [7, 11) is 0. The molecule has 0 unspecified atom stereocenters. The summed E-state index contributed by atoms with van der Waals surface area (Å²) < 4.78 is 37.7. The maximum Gasteiger partial charge on any atom is 0.416 e. The third-order valence-corrected chi connectivity index (χ3v) is 4.99. The van der Waals surface area contributed by atoms with Crippen molar-refractivity contribution in [3.63, 3.8) is 0 Å². The lowest BCUT2D eigenvalue weighted by Crippen LogP contribution is -2.38. The van der Waals surface area contributed by atoms with Crippen LogP contribution in [0.3, 0.4) is 0 Å². The summed E-state index contributed by atoms with van der Waals surface area (Å²) in [5.41, 5.74) is 0.686. The second-order valence-corrected chi connectivity index (χ2v) is 6.30. The van der Waals surface area contributed by atoms with E-state index in [-0.39, 0.29) is 11.9 Å². The largest absolute Gasteiger partial charge is 0.416 e. The van der Waals surface area contributed by atoms with Crippen LogP contribution in [0.1, 0.15) is 39.3 Å². The van der Waals surface area contributed by atoms with Gasteiger partial charge < -0.3 is 4.90 Å². The lowest BCUT2D eigenvalue weighted by Gasteiger charge is -2.33. The zero-order chi connectivity index (χ0) is 15.9. The van der Waals surface area contributed by atoms with E-state index in [1.165, 1.54) is 17.0 Å². The van der Waals surface area contributed by atoms with Gasteiger partial charge in [-0.3, -0.25) is 4.79 Å². The van der Waals surface area contributed by atoms with Crippen LogP contribution in [0, 0.1) is 0 Å². The van der Waals surface area contributed by atoms with E-state index in [0.717, 1.165) is 24.1 Å². The summed E-state index contributed by atoms with van der Waals surface area (Å²) >= 11 is 1.68. The van der Waals surface area contributed by atoms with E-state index in [9.17, 15) is 18.0 Å². The van der Waals surface area contributed by atoms with Crippen LogP contribution in [0.5, 0.6) is 0 Å². The average Bonchev–Trinajstić information content (AvgIpc) is 2.96. The van der Waals surface area contributed by atoms with Gasteiger partial charge in [0.25, 0.3) is 5.91 Å². The summed E-state index contributed by atoms with van der Waals surface area (Å²) in [4.78, 5) is 15.6. The molecule has 116 valence electrons. The minimum Gasteiger partial charge on any atom is -0.331 e. The van der Waals surface area contributed by atoms with E-state index in [2.05, 4.69) is 0 Å². The second-order valence-electron chi connectivity index (χ2n) is 5.30. The Morgan fingerprint density at radius 1 is 1.23 bits per heavy atom. The van der Waals surface area contributed by atoms with Crippen molar-refractivity contribution in [2.24, 2.45) is 0 Å². The molecule has 1 aromatic carbocycles. The number of amides is 1. The number of rotatable bonds is 1. The number of nitrogens with zero attached hydrogens (tertiary/aromatic N) is 1. The first kappa shape index (κ1) is 15.1. The van der Waals surface area contributed by atoms with Crippen LogP contribution in [0.2, 0.25) is 0 Å². The first-order valence-electron chi connectivity index (χ1n) is 6.92. The van der Waals surface area contributed by atoms with Crippen molar-refractivity contribution in [3.8, 4) is 0 Å². The molecule has 1 atom stereocenters. The van der Waals surface area contributed by atoms with Gasteiger partial charge in [0.05, 0.1) is 11.6 Å². The first-order chi connectivity index (χ1) is 10.4. The highest BCUT2D eigenvalue weighted by molar-refractivity contribution is 7.10. The van der Waals surface area contributed by atoms with Crippen LogP contribution >= 0.6 is 11.3 Å². The number of hydrogen-bond donors (Lipinski definition) is 0. The number of carbonyl (C=O) groups is 1. The van der Waals surface area contributed by atoms with Crippen molar-refractivity contribution in [2.45, 2.75) is 25.6 Å². The van der Waals surface area contributed by atoms with Gasteiger partial charge in [-0.05, 0) is 54.6 Å². The Hall–Kier alpha value is -1.82. The molecular weight excluding hydrogens is 311 g/mol. The van der Waals surface area contributed by atoms with E-state index in [1.807, 2.05) is 18.4 Å². The van der Waals surface area contributed by atoms with Gasteiger partial charge in [-0.25, -0.2) is 0 Å². The molecule has 1 amide bonds. The summed E-state index contributed by atoms with van der Waals surface area (Å²) in [5, 5.41) is 2.01. The molecule has 0 radical (unpaired) electrons. The fourth-order valence-electron chi connectivity index (χ4n) is 2.75. The third-order valence-electron chi connectivity index (χ3n) is 4.00. The van der Waals surface area contributed by atoms with Gasteiger partial charge >= 0.3 is 6.18 Å². The number of thiophene rings is 1. The van der Waals surface area contributed by atoms with Gasteiger partial charge in [-0.2, -0.15) is 13.2 Å². The molecule has 3 rings (SSSR count). The van der Waals surface area contributed by atoms with Gasteiger partial charge in [-0.1, -0.05) is 0 Å². The SMILES string of the molecule is C[C@@H]1c2ccsc2CCN1C(=O)c1ccc(C(F)(F)F)cc1. The third kappa shape index (κ3) is 2.63. The van der Waals surface area contributed by atoms with Crippen LogP contribution in [0.4, 0.5) is 13.2 Å². The van der Waals surface area contributed by atoms with Crippen molar-refractivity contribution in [1.82, 2.24) is 4.90 Å². The molecule has 0 fully saturated rings. The first-order valence-corrected chi connectivity index (χ1v) is 7.80. The molecule has 2 nitrogen and oxygen atoms in total. The van der Waals surface area contributed by atoms with Crippen LogP contribution in [-0.4, -0.2) is 17.4 Å². The quantitative estimate of drug-likeness (QED) is 0.754. The molecule has 0 saturated heterocycles. The van der Waals surface area contributed by atoms with Gasteiger partial charge in [0.1, 0.15) is 0 Å².